The molecular formula is C16H18ClN5O. The van der Waals surface area contributed by atoms with Gasteiger partial charge in [-0.05, 0) is 31.3 Å². The standard InChI is InChI=1S/C16H18ClN5O/c1-21-8-10-22(11-9-21)15-7-6-14(19-20-15)18-16(23)12-4-2-3-5-13(12)17/h2-7H,8-11H2,1H3,(H,18,19,23). The number of hydrogen-bond acceptors (Lipinski definition) is 5. The second-order valence-electron chi connectivity index (χ2n) is 5.50. The van der Waals surface area contributed by atoms with Crippen LogP contribution in [0.4, 0.5) is 11.6 Å². The molecule has 2 heterocycles. The number of benzene rings is 1. The topological polar surface area (TPSA) is 61.4 Å². The zero-order valence-electron chi connectivity index (χ0n) is 12.9. The highest BCUT2D eigenvalue weighted by Crippen LogP contribution is 2.17. The van der Waals surface area contributed by atoms with Gasteiger partial charge in [0.05, 0.1) is 10.6 Å². The van der Waals surface area contributed by atoms with E-state index in [2.05, 4.69) is 32.4 Å². The van der Waals surface area contributed by atoms with Gasteiger partial charge in [0.15, 0.2) is 11.6 Å². The SMILES string of the molecule is CN1CCN(c2ccc(NC(=O)c3ccccc3Cl)nn2)CC1. The van der Waals surface area contributed by atoms with Crippen molar-refractivity contribution in [2.45, 2.75) is 0 Å². The second-order valence-corrected chi connectivity index (χ2v) is 5.91. The quantitative estimate of drug-likeness (QED) is 0.933. The number of nitrogens with one attached hydrogen (secondary N) is 1. The van der Waals surface area contributed by atoms with E-state index >= 15 is 0 Å². The normalized spacial score (nSPS) is 15.5. The molecule has 0 atom stereocenters. The molecule has 1 amide bonds. The summed E-state index contributed by atoms with van der Waals surface area (Å²) in [7, 11) is 2.11. The zero-order chi connectivity index (χ0) is 16.2. The summed E-state index contributed by atoms with van der Waals surface area (Å²) in [6.45, 7) is 3.87. The molecule has 120 valence electrons. The van der Waals surface area contributed by atoms with E-state index in [1.165, 1.54) is 0 Å². The first-order chi connectivity index (χ1) is 11.1. The molecule has 1 aliphatic heterocycles. The van der Waals surface area contributed by atoms with Crippen LogP contribution in [-0.2, 0) is 0 Å². The fourth-order valence-corrected chi connectivity index (χ4v) is 2.65. The van der Waals surface area contributed by atoms with Gasteiger partial charge in [-0.1, -0.05) is 23.7 Å². The third-order valence-corrected chi connectivity index (χ3v) is 4.17. The monoisotopic (exact) mass is 331 g/mol. The molecule has 0 radical (unpaired) electrons. The fourth-order valence-electron chi connectivity index (χ4n) is 2.43. The molecule has 0 unspecified atom stereocenters. The summed E-state index contributed by atoms with van der Waals surface area (Å²) in [5.41, 5.74) is 0.416. The Morgan fingerprint density at radius 2 is 1.83 bits per heavy atom. The van der Waals surface area contributed by atoms with E-state index in [4.69, 9.17) is 11.6 Å². The third kappa shape index (κ3) is 3.78. The van der Waals surface area contributed by atoms with Crippen molar-refractivity contribution < 1.29 is 4.79 Å². The van der Waals surface area contributed by atoms with Crippen LogP contribution in [-0.4, -0.2) is 54.2 Å². The van der Waals surface area contributed by atoms with Gasteiger partial charge in [-0.3, -0.25) is 4.79 Å². The summed E-state index contributed by atoms with van der Waals surface area (Å²) in [4.78, 5) is 16.6. The Morgan fingerprint density at radius 3 is 2.48 bits per heavy atom. The maximum Gasteiger partial charge on any atom is 0.258 e. The minimum absolute atomic E-state index is 0.294. The van der Waals surface area contributed by atoms with E-state index < -0.39 is 0 Å². The first kappa shape index (κ1) is 15.7. The summed E-state index contributed by atoms with van der Waals surface area (Å²) in [6.07, 6.45) is 0. The Kier molecular flexibility index (Phi) is 4.73. The minimum Gasteiger partial charge on any atom is -0.353 e. The molecule has 3 rings (SSSR count). The molecule has 1 fully saturated rings. The number of carbonyl (C=O) groups excluding carboxylic acids is 1. The van der Waals surface area contributed by atoms with Crippen molar-refractivity contribution in [2.75, 3.05) is 43.4 Å². The highest BCUT2D eigenvalue weighted by atomic mass is 35.5. The maximum absolute atomic E-state index is 12.2. The van der Waals surface area contributed by atoms with Gasteiger partial charge in [-0.15, -0.1) is 10.2 Å². The molecule has 0 bridgehead atoms. The highest BCUT2D eigenvalue weighted by molar-refractivity contribution is 6.34. The highest BCUT2D eigenvalue weighted by Gasteiger charge is 2.16. The van der Waals surface area contributed by atoms with Crippen LogP contribution in [0.2, 0.25) is 5.02 Å². The number of amides is 1. The van der Waals surface area contributed by atoms with Gasteiger partial charge in [0.2, 0.25) is 0 Å². The van der Waals surface area contributed by atoms with Gasteiger partial charge in [0, 0.05) is 26.2 Å². The molecule has 1 saturated heterocycles. The van der Waals surface area contributed by atoms with Crippen LogP contribution < -0.4 is 10.2 Å². The summed E-state index contributed by atoms with van der Waals surface area (Å²) in [5, 5.41) is 11.4. The number of hydrogen-bond donors (Lipinski definition) is 1. The van der Waals surface area contributed by atoms with Crippen LogP contribution >= 0.6 is 11.6 Å². The number of rotatable bonds is 3. The maximum atomic E-state index is 12.2. The lowest BCUT2D eigenvalue weighted by Crippen LogP contribution is -2.44. The predicted octanol–water partition coefficient (Wildman–Crippen LogP) is 2.13. The number of anilines is 2. The molecule has 1 aliphatic rings. The first-order valence-electron chi connectivity index (χ1n) is 7.46. The summed E-state index contributed by atoms with van der Waals surface area (Å²) in [5.74, 6) is 0.943. The molecule has 1 aromatic carbocycles. The minimum atomic E-state index is -0.294. The van der Waals surface area contributed by atoms with Crippen LogP contribution in [0.3, 0.4) is 0 Å². The average Bonchev–Trinajstić information content (AvgIpc) is 2.57. The molecule has 6 nitrogen and oxygen atoms in total. The molecule has 2 aromatic rings. The van der Waals surface area contributed by atoms with Gasteiger partial charge in [-0.25, -0.2) is 0 Å². The molecule has 0 saturated carbocycles. The van der Waals surface area contributed by atoms with Crippen LogP contribution in [0.15, 0.2) is 36.4 Å². The Labute approximate surface area is 140 Å². The summed E-state index contributed by atoms with van der Waals surface area (Å²) >= 11 is 6.02. The van der Waals surface area contributed by atoms with E-state index in [9.17, 15) is 4.79 Å². The van der Waals surface area contributed by atoms with Gasteiger partial charge in [-0.2, -0.15) is 0 Å². The second kappa shape index (κ2) is 6.93. The van der Waals surface area contributed by atoms with Crippen molar-refractivity contribution >= 4 is 29.1 Å². The molecule has 23 heavy (non-hydrogen) atoms. The lowest BCUT2D eigenvalue weighted by Gasteiger charge is -2.32. The lowest BCUT2D eigenvalue weighted by atomic mass is 10.2. The number of nitrogens with zero attached hydrogens (tertiary/aromatic N) is 4. The first-order valence-corrected chi connectivity index (χ1v) is 7.84. The largest absolute Gasteiger partial charge is 0.353 e. The molecular weight excluding hydrogens is 314 g/mol. The van der Waals surface area contributed by atoms with Crippen molar-refractivity contribution in [2.24, 2.45) is 0 Å². The fraction of sp³-hybridized carbons (Fsp3) is 0.312. The predicted molar refractivity (Wildman–Crippen MR) is 91.1 cm³/mol. The molecule has 1 N–H and O–H groups in total. The number of halogens is 1. The lowest BCUT2D eigenvalue weighted by molar-refractivity contribution is 0.102. The number of carbonyl (C=O) groups is 1. The summed E-state index contributed by atoms with van der Waals surface area (Å²) in [6, 6.07) is 10.5. The van der Waals surface area contributed by atoms with Gasteiger partial charge in [0.1, 0.15) is 0 Å². The zero-order valence-corrected chi connectivity index (χ0v) is 13.6. The van der Waals surface area contributed by atoms with Crippen molar-refractivity contribution in [1.29, 1.82) is 0 Å². The Hall–Kier alpha value is -2.18. The van der Waals surface area contributed by atoms with Crippen molar-refractivity contribution in [3.63, 3.8) is 0 Å². The molecule has 7 heteroatoms. The van der Waals surface area contributed by atoms with Crippen molar-refractivity contribution in [3.8, 4) is 0 Å². The van der Waals surface area contributed by atoms with E-state index in [1.54, 1.807) is 30.3 Å². The van der Waals surface area contributed by atoms with Crippen LogP contribution in [0.1, 0.15) is 10.4 Å². The number of likely N-dealkylation sites (N-methyl/N-ethyl adjacent to an activating group) is 1. The van der Waals surface area contributed by atoms with Crippen molar-refractivity contribution in [3.05, 3.63) is 47.0 Å². The number of aromatic nitrogens is 2. The smallest absolute Gasteiger partial charge is 0.258 e. The van der Waals surface area contributed by atoms with E-state index in [0.29, 0.717) is 16.4 Å². The van der Waals surface area contributed by atoms with Crippen molar-refractivity contribution in [1.82, 2.24) is 15.1 Å². The molecule has 0 spiro atoms. The summed E-state index contributed by atoms with van der Waals surface area (Å²) < 4.78 is 0. The van der Waals surface area contributed by atoms with Crippen LogP contribution in [0.5, 0.6) is 0 Å². The van der Waals surface area contributed by atoms with E-state index in [1.807, 2.05) is 6.07 Å². The Morgan fingerprint density at radius 1 is 1.09 bits per heavy atom. The molecule has 0 aliphatic carbocycles. The number of piperazine rings is 1. The van der Waals surface area contributed by atoms with Crippen LogP contribution in [0.25, 0.3) is 0 Å². The van der Waals surface area contributed by atoms with Crippen LogP contribution in [0, 0.1) is 0 Å². The van der Waals surface area contributed by atoms with Gasteiger partial charge in [0.25, 0.3) is 5.91 Å². The third-order valence-electron chi connectivity index (χ3n) is 3.84. The van der Waals surface area contributed by atoms with Gasteiger partial charge < -0.3 is 15.1 Å². The van der Waals surface area contributed by atoms with E-state index in [-0.39, 0.29) is 5.91 Å². The molecule has 1 aromatic heterocycles. The van der Waals surface area contributed by atoms with E-state index in [0.717, 1.165) is 32.0 Å². The average molecular weight is 332 g/mol. The van der Waals surface area contributed by atoms with Gasteiger partial charge >= 0.3 is 0 Å². The Bertz CT molecular complexity index is 683. The Balaban J connectivity index is 1.66.